The number of hydrogen-bond donors (Lipinski definition) is 3. The lowest BCUT2D eigenvalue weighted by atomic mass is 10.2. The molecule has 1 amide bonds. The Morgan fingerprint density at radius 1 is 0.824 bits per heavy atom. The average Bonchev–Trinajstić information content (AvgIpc) is 2.81. The SMILES string of the molecule is COc1ccc(C(=O)Nc2ccc(Nc3nc(C)cc(Nc4ccc(C)cc4)n3)cc2)cc1F. The van der Waals surface area contributed by atoms with Gasteiger partial charge < -0.3 is 20.7 Å². The quantitative estimate of drug-likeness (QED) is 0.316. The second-order valence-electron chi connectivity index (χ2n) is 7.71. The summed E-state index contributed by atoms with van der Waals surface area (Å²) in [5.41, 5.74) is 4.44. The van der Waals surface area contributed by atoms with Crippen LogP contribution in [0.1, 0.15) is 21.6 Å². The van der Waals surface area contributed by atoms with Crippen molar-refractivity contribution in [3.63, 3.8) is 0 Å². The van der Waals surface area contributed by atoms with Gasteiger partial charge in [-0.2, -0.15) is 4.98 Å². The van der Waals surface area contributed by atoms with E-state index >= 15 is 0 Å². The Bertz CT molecular complexity index is 1310. The zero-order chi connectivity index (χ0) is 24.1. The molecule has 4 aromatic rings. The minimum Gasteiger partial charge on any atom is -0.494 e. The molecule has 0 saturated carbocycles. The average molecular weight is 458 g/mol. The van der Waals surface area contributed by atoms with Gasteiger partial charge in [0.2, 0.25) is 5.95 Å². The number of carbonyl (C=O) groups is 1. The van der Waals surface area contributed by atoms with E-state index in [1.807, 2.05) is 44.2 Å². The second-order valence-corrected chi connectivity index (χ2v) is 7.71. The fourth-order valence-electron chi connectivity index (χ4n) is 3.25. The van der Waals surface area contributed by atoms with E-state index in [1.54, 1.807) is 24.3 Å². The molecule has 34 heavy (non-hydrogen) atoms. The van der Waals surface area contributed by atoms with Gasteiger partial charge >= 0.3 is 0 Å². The second kappa shape index (κ2) is 9.99. The summed E-state index contributed by atoms with van der Waals surface area (Å²) in [4.78, 5) is 21.4. The van der Waals surface area contributed by atoms with Gasteiger partial charge in [-0.1, -0.05) is 17.7 Å². The molecule has 1 heterocycles. The lowest BCUT2D eigenvalue weighted by Gasteiger charge is -2.11. The van der Waals surface area contributed by atoms with Gasteiger partial charge in [0.1, 0.15) is 5.82 Å². The van der Waals surface area contributed by atoms with E-state index < -0.39 is 11.7 Å². The number of carbonyl (C=O) groups excluding carboxylic acids is 1. The zero-order valence-corrected chi connectivity index (χ0v) is 19.0. The summed E-state index contributed by atoms with van der Waals surface area (Å²) in [6, 6.07) is 21.0. The van der Waals surface area contributed by atoms with Crippen LogP contribution in [0.4, 0.5) is 33.2 Å². The number of anilines is 5. The van der Waals surface area contributed by atoms with E-state index in [4.69, 9.17) is 4.74 Å². The van der Waals surface area contributed by atoms with Crippen LogP contribution in [-0.2, 0) is 0 Å². The molecule has 0 atom stereocenters. The van der Waals surface area contributed by atoms with Gasteiger partial charge in [-0.25, -0.2) is 9.37 Å². The Morgan fingerprint density at radius 2 is 1.47 bits per heavy atom. The molecule has 0 saturated heterocycles. The molecule has 0 radical (unpaired) electrons. The van der Waals surface area contributed by atoms with Gasteiger partial charge in [-0.3, -0.25) is 4.79 Å². The Hall–Kier alpha value is -4.46. The molecule has 0 aliphatic rings. The van der Waals surface area contributed by atoms with Crippen LogP contribution in [0.5, 0.6) is 5.75 Å². The van der Waals surface area contributed by atoms with Gasteiger partial charge in [-0.15, -0.1) is 0 Å². The lowest BCUT2D eigenvalue weighted by molar-refractivity contribution is 0.102. The third-order valence-corrected chi connectivity index (χ3v) is 4.99. The predicted molar refractivity (Wildman–Crippen MR) is 132 cm³/mol. The van der Waals surface area contributed by atoms with Gasteiger partial charge in [0, 0.05) is 34.4 Å². The molecule has 0 fully saturated rings. The number of amides is 1. The molecular weight excluding hydrogens is 433 g/mol. The molecule has 0 spiro atoms. The first-order chi connectivity index (χ1) is 16.4. The number of halogens is 1. The van der Waals surface area contributed by atoms with E-state index in [1.165, 1.54) is 24.8 Å². The highest BCUT2D eigenvalue weighted by molar-refractivity contribution is 6.04. The van der Waals surface area contributed by atoms with Crippen molar-refractivity contribution < 1.29 is 13.9 Å². The first-order valence-corrected chi connectivity index (χ1v) is 10.6. The van der Waals surface area contributed by atoms with Crippen molar-refractivity contribution in [2.75, 3.05) is 23.1 Å². The molecular formula is C26H24FN5O2. The molecule has 1 aromatic heterocycles. The largest absolute Gasteiger partial charge is 0.494 e. The normalized spacial score (nSPS) is 10.5. The monoisotopic (exact) mass is 457 g/mol. The smallest absolute Gasteiger partial charge is 0.255 e. The van der Waals surface area contributed by atoms with Crippen molar-refractivity contribution in [1.29, 1.82) is 0 Å². The van der Waals surface area contributed by atoms with Crippen LogP contribution in [0.2, 0.25) is 0 Å². The van der Waals surface area contributed by atoms with Crippen molar-refractivity contribution in [2.45, 2.75) is 13.8 Å². The third kappa shape index (κ3) is 5.66. The molecule has 3 N–H and O–H groups in total. The number of nitrogens with zero attached hydrogens (tertiary/aromatic N) is 2. The van der Waals surface area contributed by atoms with Crippen LogP contribution in [0.15, 0.2) is 72.8 Å². The van der Waals surface area contributed by atoms with E-state index in [2.05, 4.69) is 25.9 Å². The Morgan fingerprint density at radius 3 is 2.15 bits per heavy atom. The highest BCUT2D eigenvalue weighted by atomic mass is 19.1. The van der Waals surface area contributed by atoms with Gasteiger partial charge in [-0.05, 0) is 68.4 Å². The number of aryl methyl sites for hydroxylation is 2. The van der Waals surface area contributed by atoms with E-state index in [0.717, 1.165) is 23.1 Å². The Kier molecular flexibility index (Phi) is 6.68. The van der Waals surface area contributed by atoms with Gasteiger partial charge in [0.25, 0.3) is 5.91 Å². The fourth-order valence-corrected chi connectivity index (χ4v) is 3.25. The minimum absolute atomic E-state index is 0.0857. The molecule has 7 nitrogen and oxygen atoms in total. The number of rotatable bonds is 7. The highest BCUT2D eigenvalue weighted by Crippen LogP contribution is 2.22. The van der Waals surface area contributed by atoms with Crippen LogP contribution in [0.3, 0.4) is 0 Å². The zero-order valence-electron chi connectivity index (χ0n) is 19.0. The van der Waals surface area contributed by atoms with Crippen molar-refractivity contribution >= 4 is 34.7 Å². The first-order valence-electron chi connectivity index (χ1n) is 10.6. The number of hydrogen-bond acceptors (Lipinski definition) is 6. The molecule has 8 heteroatoms. The predicted octanol–water partition coefficient (Wildman–Crippen LogP) is 5.98. The summed E-state index contributed by atoms with van der Waals surface area (Å²) in [5.74, 6) is 0.192. The van der Waals surface area contributed by atoms with Crippen LogP contribution in [0, 0.1) is 19.7 Å². The summed E-state index contributed by atoms with van der Waals surface area (Å²) >= 11 is 0. The van der Waals surface area contributed by atoms with E-state index in [9.17, 15) is 9.18 Å². The minimum atomic E-state index is -0.593. The lowest BCUT2D eigenvalue weighted by Crippen LogP contribution is -2.12. The Labute approximate surface area is 197 Å². The molecule has 0 unspecified atom stereocenters. The molecule has 0 aliphatic heterocycles. The summed E-state index contributed by atoms with van der Waals surface area (Å²) in [6.07, 6.45) is 0. The van der Waals surface area contributed by atoms with E-state index in [-0.39, 0.29) is 11.3 Å². The summed E-state index contributed by atoms with van der Waals surface area (Å²) < 4.78 is 18.8. The molecule has 0 bridgehead atoms. The number of aromatic nitrogens is 2. The van der Waals surface area contributed by atoms with Crippen molar-refractivity contribution in [3.8, 4) is 5.75 Å². The summed E-state index contributed by atoms with van der Waals surface area (Å²) in [5, 5.41) is 9.20. The highest BCUT2D eigenvalue weighted by Gasteiger charge is 2.11. The van der Waals surface area contributed by atoms with Gasteiger partial charge in [0.15, 0.2) is 11.6 Å². The van der Waals surface area contributed by atoms with Crippen LogP contribution >= 0.6 is 0 Å². The van der Waals surface area contributed by atoms with Crippen LogP contribution in [-0.4, -0.2) is 23.0 Å². The van der Waals surface area contributed by atoms with Crippen LogP contribution in [0.25, 0.3) is 0 Å². The van der Waals surface area contributed by atoms with Crippen molar-refractivity contribution in [1.82, 2.24) is 9.97 Å². The number of nitrogens with one attached hydrogen (secondary N) is 3. The molecule has 4 rings (SSSR count). The topological polar surface area (TPSA) is 88.2 Å². The first kappa shape index (κ1) is 22.7. The number of ether oxygens (including phenoxy) is 1. The van der Waals surface area contributed by atoms with Gasteiger partial charge in [0.05, 0.1) is 7.11 Å². The van der Waals surface area contributed by atoms with Crippen molar-refractivity contribution in [2.24, 2.45) is 0 Å². The maximum Gasteiger partial charge on any atom is 0.255 e. The molecule has 172 valence electrons. The molecule has 3 aromatic carbocycles. The number of benzene rings is 3. The van der Waals surface area contributed by atoms with Crippen LogP contribution < -0.4 is 20.7 Å². The summed E-state index contributed by atoms with van der Waals surface area (Å²) in [7, 11) is 1.37. The standard InChI is InChI=1S/C26H24FN5O2/c1-16-4-7-19(8-5-16)29-24-14-17(2)28-26(32-24)31-21-11-9-20(10-12-21)30-25(33)18-6-13-23(34-3)22(27)15-18/h4-15H,1-3H3,(H,30,33)(H2,28,29,31,32). The van der Waals surface area contributed by atoms with E-state index in [0.29, 0.717) is 17.5 Å². The maximum atomic E-state index is 13.9. The number of methoxy groups -OCH3 is 1. The summed E-state index contributed by atoms with van der Waals surface area (Å²) in [6.45, 7) is 3.93. The molecule has 0 aliphatic carbocycles. The fraction of sp³-hybridized carbons (Fsp3) is 0.115. The maximum absolute atomic E-state index is 13.9. The Balaban J connectivity index is 1.42. The van der Waals surface area contributed by atoms with Crippen molar-refractivity contribution in [3.05, 3.63) is 95.4 Å². The third-order valence-electron chi connectivity index (χ3n) is 4.99.